The minimum Gasteiger partial charge on any atom is -0.373 e. The monoisotopic (exact) mass is 476 g/mol. The fraction of sp³-hybridized carbons (Fsp3) is 0.478. The topological polar surface area (TPSA) is 91.4 Å². The number of pyridine rings is 1. The molecule has 1 unspecified atom stereocenters. The Morgan fingerprint density at radius 3 is 2.78 bits per heavy atom. The lowest BCUT2D eigenvalue weighted by molar-refractivity contribution is -0.121. The first kappa shape index (κ1) is 23.0. The number of unbranched alkanes of at least 4 members (excludes halogenated alkanes) is 1. The van der Waals surface area contributed by atoms with Gasteiger partial charge in [0.15, 0.2) is 0 Å². The third-order valence-corrected chi connectivity index (χ3v) is 8.45. The van der Waals surface area contributed by atoms with Crippen molar-refractivity contribution in [2.75, 3.05) is 25.0 Å². The normalized spacial score (nSPS) is 19.3. The van der Waals surface area contributed by atoms with Crippen molar-refractivity contribution in [3.05, 3.63) is 53.3 Å². The first-order chi connectivity index (χ1) is 15.4. The summed E-state index contributed by atoms with van der Waals surface area (Å²) in [5, 5.41) is 6.70. The molecule has 2 N–H and O–H groups in total. The van der Waals surface area contributed by atoms with Crippen LogP contribution in [0.3, 0.4) is 0 Å². The average molecular weight is 477 g/mol. The molecule has 1 aromatic heterocycles. The summed E-state index contributed by atoms with van der Waals surface area (Å²) in [5.41, 5.74) is 2.07. The van der Waals surface area contributed by atoms with Crippen molar-refractivity contribution < 1.29 is 13.2 Å². The van der Waals surface area contributed by atoms with Gasteiger partial charge in [-0.2, -0.15) is 4.31 Å². The average Bonchev–Trinajstić information content (AvgIpc) is 3.23. The molecule has 1 amide bonds. The molecule has 7 nitrogen and oxygen atoms in total. The number of amides is 1. The number of benzene rings is 1. The molecule has 0 saturated carbocycles. The molecule has 1 atom stereocenters. The standard InChI is InChI=1S/C23H29ClN4O3S/c24-19-5-3-6-20(15-19)32(30,31)28-12-8-17(9-13-28)4-1-2-10-26-23(29)22-14-18-16-25-11-7-21(18)27-22/h3,5-7,11,15-17,22,27H,1-2,4,8-10,12-14H2,(H,26,29). The minimum atomic E-state index is -3.48. The second kappa shape index (κ2) is 10.2. The van der Waals surface area contributed by atoms with Gasteiger partial charge in [0, 0.05) is 49.2 Å². The molecule has 172 valence electrons. The number of nitrogens with one attached hydrogen (secondary N) is 2. The number of hydrogen-bond acceptors (Lipinski definition) is 5. The third kappa shape index (κ3) is 5.42. The molecular weight excluding hydrogens is 448 g/mol. The Morgan fingerprint density at radius 2 is 2.03 bits per heavy atom. The smallest absolute Gasteiger partial charge is 0.243 e. The van der Waals surface area contributed by atoms with Crippen LogP contribution < -0.4 is 10.6 Å². The summed E-state index contributed by atoms with van der Waals surface area (Å²) in [6, 6.07) is 8.12. The predicted molar refractivity (Wildman–Crippen MR) is 125 cm³/mol. The van der Waals surface area contributed by atoms with Crippen LogP contribution in [0.4, 0.5) is 5.69 Å². The van der Waals surface area contributed by atoms with E-state index in [1.165, 1.54) is 6.07 Å². The number of anilines is 1. The zero-order valence-electron chi connectivity index (χ0n) is 18.0. The second-order valence-electron chi connectivity index (χ2n) is 8.53. The molecule has 2 aromatic rings. The van der Waals surface area contributed by atoms with Crippen LogP contribution >= 0.6 is 11.6 Å². The second-order valence-corrected chi connectivity index (χ2v) is 10.9. The lowest BCUT2D eigenvalue weighted by atomic mass is 9.92. The van der Waals surface area contributed by atoms with Gasteiger partial charge in [0.25, 0.3) is 0 Å². The molecule has 0 radical (unpaired) electrons. The largest absolute Gasteiger partial charge is 0.373 e. The van der Waals surface area contributed by atoms with E-state index in [1.807, 2.05) is 6.07 Å². The summed E-state index contributed by atoms with van der Waals surface area (Å²) in [6.07, 6.45) is 8.94. The number of halogens is 1. The van der Waals surface area contributed by atoms with Gasteiger partial charge in [0.05, 0.1) is 4.90 Å². The highest BCUT2D eigenvalue weighted by atomic mass is 35.5. The first-order valence-electron chi connectivity index (χ1n) is 11.2. The van der Waals surface area contributed by atoms with Crippen LogP contribution in [0.1, 0.15) is 37.7 Å². The van der Waals surface area contributed by atoms with Gasteiger partial charge in [0.2, 0.25) is 15.9 Å². The van der Waals surface area contributed by atoms with E-state index < -0.39 is 10.0 Å². The number of nitrogens with zero attached hydrogens (tertiary/aromatic N) is 2. The zero-order chi connectivity index (χ0) is 22.6. The quantitative estimate of drug-likeness (QED) is 0.569. The Kier molecular flexibility index (Phi) is 7.33. The van der Waals surface area contributed by atoms with Gasteiger partial charge in [-0.3, -0.25) is 9.78 Å². The number of rotatable bonds is 8. The van der Waals surface area contributed by atoms with E-state index in [1.54, 1.807) is 34.9 Å². The number of fused-ring (bicyclic) bond motifs is 1. The summed E-state index contributed by atoms with van der Waals surface area (Å²) in [5.74, 6) is 0.552. The Hall–Kier alpha value is -2.16. The molecule has 2 aliphatic rings. The van der Waals surface area contributed by atoms with E-state index in [0.29, 0.717) is 37.0 Å². The minimum absolute atomic E-state index is 0.0285. The van der Waals surface area contributed by atoms with Crippen LogP contribution in [0.15, 0.2) is 47.6 Å². The van der Waals surface area contributed by atoms with E-state index >= 15 is 0 Å². The molecule has 9 heteroatoms. The summed E-state index contributed by atoms with van der Waals surface area (Å²) in [6.45, 7) is 1.74. The van der Waals surface area contributed by atoms with Crippen LogP contribution in [0.2, 0.25) is 5.02 Å². The Bertz CT molecular complexity index is 1030. The van der Waals surface area contributed by atoms with Gasteiger partial charge >= 0.3 is 0 Å². The number of piperidine rings is 1. The molecule has 0 spiro atoms. The molecule has 0 aliphatic carbocycles. The molecule has 3 heterocycles. The van der Waals surface area contributed by atoms with E-state index in [2.05, 4.69) is 15.6 Å². The molecule has 1 aromatic carbocycles. The van der Waals surface area contributed by atoms with E-state index in [0.717, 1.165) is 43.4 Å². The van der Waals surface area contributed by atoms with Crippen LogP contribution in [-0.4, -0.2) is 49.3 Å². The van der Waals surface area contributed by atoms with Gasteiger partial charge < -0.3 is 10.6 Å². The van der Waals surface area contributed by atoms with Crippen LogP contribution in [0, 0.1) is 5.92 Å². The van der Waals surface area contributed by atoms with E-state index in [9.17, 15) is 13.2 Å². The van der Waals surface area contributed by atoms with Gasteiger partial charge in [-0.05, 0) is 55.0 Å². The highest BCUT2D eigenvalue weighted by molar-refractivity contribution is 7.89. The van der Waals surface area contributed by atoms with Crippen molar-refractivity contribution in [2.24, 2.45) is 5.92 Å². The third-order valence-electron chi connectivity index (χ3n) is 6.32. The van der Waals surface area contributed by atoms with Crippen molar-refractivity contribution in [1.29, 1.82) is 0 Å². The van der Waals surface area contributed by atoms with Gasteiger partial charge in [-0.1, -0.05) is 30.5 Å². The summed E-state index contributed by atoms with van der Waals surface area (Å²) in [7, 11) is -3.48. The molecule has 4 rings (SSSR count). The van der Waals surface area contributed by atoms with Crippen molar-refractivity contribution in [1.82, 2.24) is 14.6 Å². The summed E-state index contributed by atoms with van der Waals surface area (Å²) < 4.78 is 27.2. The molecule has 0 bridgehead atoms. The molecule has 2 aliphatic heterocycles. The van der Waals surface area contributed by atoms with Gasteiger partial charge in [0.1, 0.15) is 6.04 Å². The number of carbonyl (C=O) groups is 1. The fourth-order valence-corrected chi connectivity index (χ4v) is 6.23. The first-order valence-corrected chi connectivity index (χ1v) is 13.0. The number of hydrogen-bond donors (Lipinski definition) is 2. The Morgan fingerprint density at radius 1 is 1.22 bits per heavy atom. The number of carbonyl (C=O) groups excluding carboxylic acids is 1. The van der Waals surface area contributed by atoms with Crippen molar-refractivity contribution in [3.63, 3.8) is 0 Å². The van der Waals surface area contributed by atoms with Gasteiger partial charge in [-0.15, -0.1) is 0 Å². The van der Waals surface area contributed by atoms with Gasteiger partial charge in [-0.25, -0.2) is 8.42 Å². The zero-order valence-corrected chi connectivity index (χ0v) is 19.5. The van der Waals surface area contributed by atoms with E-state index in [-0.39, 0.29) is 16.8 Å². The lowest BCUT2D eigenvalue weighted by Gasteiger charge is -2.31. The number of aromatic nitrogens is 1. The van der Waals surface area contributed by atoms with Crippen LogP contribution in [0.5, 0.6) is 0 Å². The van der Waals surface area contributed by atoms with Crippen LogP contribution in [-0.2, 0) is 21.2 Å². The Balaban J connectivity index is 1.13. The maximum absolute atomic E-state index is 12.8. The van der Waals surface area contributed by atoms with Crippen molar-refractivity contribution in [2.45, 2.75) is 49.5 Å². The Labute approximate surface area is 194 Å². The van der Waals surface area contributed by atoms with Crippen molar-refractivity contribution >= 4 is 33.2 Å². The SMILES string of the molecule is O=C(NCCCCC1CCN(S(=O)(=O)c2cccc(Cl)c2)CC1)C1Cc2cnccc2N1. The summed E-state index contributed by atoms with van der Waals surface area (Å²) in [4.78, 5) is 16.7. The summed E-state index contributed by atoms with van der Waals surface area (Å²) >= 11 is 5.96. The fourth-order valence-electron chi connectivity index (χ4n) is 4.46. The van der Waals surface area contributed by atoms with Crippen LogP contribution in [0.25, 0.3) is 0 Å². The molecule has 1 saturated heterocycles. The molecule has 1 fully saturated rings. The highest BCUT2D eigenvalue weighted by Gasteiger charge is 2.29. The highest BCUT2D eigenvalue weighted by Crippen LogP contribution is 2.28. The van der Waals surface area contributed by atoms with E-state index in [4.69, 9.17) is 11.6 Å². The molecule has 32 heavy (non-hydrogen) atoms. The maximum atomic E-state index is 12.8. The van der Waals surface area contributed by atoms with Crippen molar-refractivity contribution in [3.8, 4) is 0 Å². The number of sulfonamides is 1. The lowest BCUT2D eigenvalue weighted by Crippen LogP contribution is -2.39. The molecular formula is C23H29ClN4O3S. The predicted octanol–water partition coefficient (Wildman–Crippen LogP) is 3.46. The maximum Gasteiger partial charge on any atom is 0.243 e.